The molecule has 3 rings (SSSR count). The molecule has 2 aliphatic carbocycles. The number of hydrogen-bond donors (Lipinski definition) is 0. The van der Waals surface area contributed by atoms with Gasteiger partial charge in [0, 0.05) is 28.5 Å². The van der Waals surface area contributed by atoms with E-state index in [0.717, 1.165) is 0 Å². The van der Waals surface area contributed by atoms with Crippen LogP contribution in [-0.4, -0.2) is 16.5 Å². The molecule has 0 heterocycles. The summed E-state index contributed by atoms with van der Waals surface area (Å²) in [4.78, 5) is 35.4. The smallest absolute Gasteiger partial charge is 0.280 e. The summed E-state index contributed by atoms with van der Waals surface area (Å²) in [5, 5.41) is 11.6. The van der Waals surface area contributed by atoms with Crippen LogP contribution in [0.1, 0.15) is 33.6 Å². The molecule has 6 heteroatoms. The molecule has 2 atom stereocenters. The Labute approximate surface area is 119 Å². The van der Waals surface area contributed by atoms with Crippen LogP contribution in [0.4, 0.5) is 5.69 Å². The Balaban J connectivity index is 2.19. The molecule has 1 aromatic carbocycles. The van der Waals surface area contributed by atoms with E-state index in [4.69, 9.17) is 11.6 Å². The molecule has 0 amide bonds. The summed E-state index contributed by atoms with van der Waals surface area (Å²) >= 11 is 5.94. The van der Waals surface area contributed by atoms with Crippen LogP contribution >= 0.6 is 11.6 Å². The van der Waals surface area contributed by atoms with Crippen LogP contribution < -0.4 is 0 Å². The predicted molar refractivity (Wildman–Crippen MR) is 71.9 cm³/mol. The monoisotopic (exact) mass is 291 g/mol. The largest absolute Gasteiger partial charge is 0.294 e. The second-order valence-electron chi connectivity index (χ2n) is 4.99. The summed E-state index contributed by atoms with van der Waals surface area (Å²) < 4.78 is 0. The quantitative estimate of drug-likeness (QED) is 0.588. The second-order valence-corrected chi connectivity index (χ2v) is 5.47. The number of carbonyl (C=O) groups is 2. The van der Waals surface area contributed by atoms with Crippen LogP contribution in [0.3, 0.4) is 0 Å². The van der Waals surface area contributed by atoms with E-state index in [-0.39, 0.29) is 34.8 Å². The minimum atomic E-state index is -0.620. The van der Waals surface area contributed by atoms with Crippen molar-refractivity contribution >= 4 is 28.9 Å². The van der Waals surface area contributed by atoms with Crippen molar-refractivity contribution in [2.45, 2.75) is 12.8 Å². The van der Waals surface area contributed by atoms with Gasteiger partial charge in [-0.3, -0.25) is 19.7 Å². The number of carbonyl (C=O) groups excluding carboxylic acids is 2. The van der Waals surface area contributed by atoms with Crippen molar-refractivity contribution in [3.05, 3.63) is 50.5 Å². The maximum absolute atomic E-state index is 12.5. The number of rotatable bonds is 1. The summed E-state index contributed by atoms with van der Waals surface area (Å²) in [7, 11) is 0. The van der Waals surface area contributed by atoms with Crippen LogP contribution in [0.25, 0.3) is 0 Å². The van der Waals surface area contributed by atoms with Crippen molar-refractivity contribution in [1.29, 1.82) is 0 Å². The lowest BCUT2D eigenvalue weighted by Crippen LogP contribution is -2.38. The van der Waals surface area contributed by atoms with Crippen molar-refractivity contribution in [2.24, 2.45) is 11.8 Å². The minimum absolute atomic E-state index is 0.0601. The van der Waals surface area contributed by atoms with Crippen LogP contribution in [-0.2, 0) is 0 Å². The Morgan fingerprint density at radius 1 is 1.20 bits per heavy atom. The van der Waals surface area contributed by atoms with E-state index >= 15 is 0 Å². The first kappa shape index (κ1) is 13.0. The average Bonchev–Trinajstić information content (AvgIpc) is 2.43. The van der Waals surface area contributed by atoms with Crippen LogP contribution in [0.2, 0.25) is 0 Å². The lowest BCUT2D eigenvalue weighted by atomic mass is 9.69. The van der Waals surface area contributed by atoms with Gasteiger partial charge in [0.05, 0.1) is 4.92 Å². The van der Waals surface area contributed by atoms with E-state index in [9.17, 15) is 19.7 Å². The van der Waals surface area contributed by atoms with Gasteiger partial charge in [0.1, 0.15) is 5.56 Å². The number of fused-ring (bicyclic) bond motifs is 2. The number of nitro groups is 1. The highest BCUT2D eigenvalue weighted by atomic mass is 35.5. The summed E-state index contributed by atoms with van der Waals surface area (Å²) in [6.45, 7) is 0. The third-order valence-corrected chi connectivity index (χ3v) is 4.23. The molecule has 0 aromatic heterocycles. The highest BCUT2D eigenvalue weighted by molar-refractivity contribution is 6.30. The fourth-order valence-electron chi connectivity index (χ4n) is 2.96. The van der Waals surface area contributed by atoms with Gasteiger partial charge in [0.15, 0.2) is 11.6 Å². The van der Waals surface area contributed by atoms with Crippen molar-refractivity contribution in [3.8, 4) is 0 Å². The third kappa shape index (κ3) is 1.78. The fraction of sp³-hybridized carbons (Fsp3) is 0.286. The second kappa shape index (κ2) is 4.52. The third-order valence-electron chi connectivity index (χ3n) is 3.92. The van der Waals surface area contributed by atoms with Gasteiger partial charge in [-0.15, -0.1) is 0 Å². The number of nitrogens with zero attached hydrogens (tertiary/aromatic N) is 1. The zero-order chi connectivity index (χ0) is 14.4. The first-order valence-electron chi connectivity index (χ1n) is 6.21. The van der Waals surface area contributed by atoms with Crippen LogP contribution in [0, 0.1) is 22.0 Å². The Morgan fingerprint density at radius 3 is 2.65 bits per heavy atom. The van der Waals surface area contributed by atoms with Crippen LogP contribution in [0.5, 0.6) is 0 Å². The fourth-order valence-corrected chi connectivity index (χ4v) is 3.22. The van der Waals surface area contributed by atoms with Gasteiger partial charge in [0.2, 0.25) is 0 Å². The number of benzene rings is 1. The highest BCUT2D eigenvalue weighted by Gasteiger charge is 2.45. The number of halogens is 1. The first-order valence-corrected chi connectivity index (χ1v) is 6.59. The van der Waals surface area contributed by atoms with E-state index < -0.39 is 16.8 Å². The zero-order valence-corrected chi connectivity index (χ0v) is 11.1. The summed E-state index contributed by atoms with van der Waals surface area (Å²) in [6.07, 6.45) is 2.44. The van der Waals surface area contributed by atoms with E-state index in [1.165, 1.54) is 18.2 Å². The number of hydrogen-bond acceptors (Lipinski definition) is 4. The van der Waals surface area contributed by atoms with Gasteiger partial charge in [-0.2, -0.15) is 0 Å². The molecule has 0 saturated heterocycles. The Bertz CT molecular complexity index is 680. The molecule has 0 N–H and O–H groups in total. The topological polar surface area (TPSA) is 77.3 Å². The molecule has 0 aliphatic heterocycles. The molecule has 20 heavy (non-hydrogen) atoms. The molecule has 0 bridgehead atoms. The molecule has 2 unspecified atom stereocenters. The summed E-state index contributed by atoms with van der Waals surface area (Å²) in [6, 6.07) is 4.18. The van der Waals surface area contributed by atoms with Crippen molar-refractivity contribution < 1.29 is 14.5 Å². The van der Waals surface area contributed by atoms with E-state index in [0.29, 0.717) is 11.5 Å². The van der Waals surface area contributed by atoms with Gasteiger partial charge in [-0.25, -0.2) is 0 Å². The van der Waals surface area contributed by atoms with E-state index in [2.05, 4.69) is 0 Å². The molecule has 0 spiro atoms. The standard InChI is InChI=1S/C14H10ClNO4/c15-7-4-5-8-10(6-7)14(18)12-9(13(8)17)2-1-3-11(12)16(19)20/h1-4,8,10H,5-6H2. The lowest BCUT2D eigenvalue weighted by molar-refractivity contribution is -0.385. The molecule has 5 nitrogen and oxygen atoms in total. The average molecular weight is 292 g/mol. The lowest BCUT2D eigenvalue weighted by Gasteiger charge is -2.32. The number of allylic oxidation sites excluding steroid dienone is 2. The van der Waals surface area contributed by atoms with Crippen molar-refractivity contribution in [1.82, 2.24) is 0 Å². The number of ketones is 2. The molecule has 0 saturated carbocycles. The SMILES string of the molecule is O=C1c2cccc([N+](=O)[O-])c2C(=O)C2CC(Cl)=CCC12. The summed E-state index contributed by atoms with van der Waals surface area (Å²) in [5.74, 6) is -1.56. The van der Waals surface area contributed by atoms with Gasteiger partial charge >= 0.3 is 0 Å². The molecule has 102 valence electrons. The van der Waals surface area contributed by atoms with E-state index in [1.54, 1.807) is 6.08 Å². The van der Waals surface area contributed by atoms with Gasteiger partial charge in [-0.1, -0.05) is 29.8 Å². The van der Waals surface area contributed by atoms with Crippen molar-refractivity contribution in [2.75, 3.05) is 0 Å². The molecule has 2 aliphatic rings. The van der Waals surface area contributed by atoms with Crippen LogP contribution in [0.15, 0.2) is 29.3 Å². The van der Waals surface area contributed by atoms with E-state index in [1.807, 2.05) is 0 Å². The molecule has 1 aromatic rings. The first-order chi connectivity index (χ1) is 9.50. The Kier molecular flexibility index (Phi) is 2.94. The maximum atomic E-state index is 12.5. The summed E-state index contributed by atoms with van der Waals surface area (Å²) in [5.41, 5.74) is -0.197. The number of Topliss-reactive ketones (excluding diaryl/α,β-unsaturated/α-hetero) is 2. The Morgan fingerprint density at radius 2 is 1.95 bits per heavy atom. The molecular formula is C14H10ClNO4. The molecule has 0 radical (unpaired) electrons. The van der Waals surface area contributed by atoms with Gasteiger partial charge in [0.25, 0.3) is 5.69 Å². The zero-order valence-electron chi connectivity index (χ0n) is 10.3. The van der Waals surface area contributed by atoms with Crippen molar-refractivity contribution in [3.63, 3.8) is 0 Å². The van der Waals surface area contributed by atoms with Gasteiger partial charge in [-0.05, 0) is 12.8 Å². The maximum Gasteiger partial charge on any atom is 0.280 e. The molecular weight excluding hydrogens is 282 g/mol. The normalized spacial score (nSPS) is 24.8. The minimum Gasteiger partial charge on any atom is -0.294 e. The highest BCUT2D eigenvalue weighted by Crippen LogP contribution is 2.42. The number of nitro benzene ring substituents is 1. The molecule has 0 fully saturated rings. The predicted octanol–water partition coefficient (Wildman–Crippen LogP) is 3.12. The van der Waals surface area contributed by atoms with Gasteiger partial charge < -0.3 is 0 Å². The Hall–Kier alpha value is -2.01.